The van der Waals surface area contributed by atoms with Crippen LogP contribution in [0.1, 0.15) is 24.4 Å². The molecule has 8 nitrogen and oxygen atoms in total. The van der Waals surface area contributed by atoms with E-state index in [9.17, 15) is 9.18 Å². The first-order chi connectivity index (χ1) is 18.4. The molecule has 6 rings (SSSR count). The standard InChI is InChI=1S/C27H26F3N5O3/c1-2-38-27(36)26(24-23-12-17(28)13-34(23)15-31-24)35-14-19-21(30)10-16(11-22(19)32-35)18-4-3-5-20(29)25(18)33-6-8-37-9-7-33/h3-5,10-11,14-15,17,26H,2,6-9,12-13H2,1H3. The third-order valence-electron chi connectivity index (χ3n) is 7.04. The van der Waals surface area contributed by atoms with Crippen molar-refractivity contribution in [2.75, 3.05) is 37.8 Å². The molecule has 2 atom stereocenters. The average Bonchev–Trinajstić information content (AvgIpc) is 3.60. The summed E-state index contributed by atoms with van der Waals surface area (Å²) < 4.78 is 58.3. The van der Waals surface area contributed by atoms with E-state index in [0.29, 0.717) is 54.5 Å². The fraction of sp³-hybridized carbons (Fsp3) is 0.370. The number of rotatable bonds is 6. The smallest absolute Gasteiger partial charge is 0.337 e. The van der Waals surface area contributed by atoms with Crippen LogP contribution in [0, 0.1) is 11.6 Å². The molecular weight excluding hydrogens is 499 g/mol. The summed E-state index contributed by atoms with van der Waals surface area (Å²) in [4.78, 5) is 19.3. The Labute approximate surface area is 216 Å². The van der Waals surface area contributed by atoms with Crippen molar-refractivity contribution in [3.8, 4) is 11.1 Å². The van der Waals surface area contributed by atoms with E-state index >= 15 is 8.78 Å². The SMILES string of the molecule is CCOC(=O)C(c1ncn2c1CC(F)C2)n1cc2c(F)cc(-c3cccc(F)c3N3CCOCC3)cc2n1. The molecule has 0 N–H and O–H groups in total. The van der Waals surface area contributed by atoms with Gasteiger partial charge in [0.05, 0.1) is 55.0 Å². The predicted octanol–water partition coefficient (Wildman–Crippen LogP) is 4.06. The molecular formula is C27H26F3N5O3. The highest BCUT2D eigenvalue weighted by Gasteiger charge is 2.35. The molecule has 2 aromatic heterocycles. The second-order valence-corrected chi connectivity index (χ2v) is 9.42. The Kier molecular flexibility index (Phi) is 6.30. The summed E-state index contributed by atoms with van der Waals surface area (Å²) in [6, 6.07) is 6.62. The van der Waals surface area contributed by atoms with Gasteiger partial charge in [-0.05, 0) is 30.7 Å². The lowest BCUT2D eigenvalue weighted by Crippen LogP contribution is -2.37. The molecule has 38 heavy (non-hydrogen) atoms. The molecule has 1 fully saturated rings. The summed E-state index contributed by atoms with van der Waals surface area (Å²) in [6.07, 6.45) is 1.97. The number of morpholine rings is 1. The number of fused-ring (bicyclic) bond motifs is 2. The summed E-state index contributed by atoms with van der Waals surface area (Å²) in [6.45, 7) is 3.95. The Morgan fingerprint density at radius 1 is 1.21 bits per heavy atom. The molecule has 0 radical (unpaired) electrons. The van der Waals surface area contributed by atoms with Crippen molar-refractivity contribution in [2.24, 2.45) is 0 Å². The molecule has 0 amide bonds. The van der Waals surface area contributed by atoms with Gasteiger partial charge in [-0.15, -0.1) is 0 Å². The van der Waals surface area contributed by atoms with Crippen molar-refractivity contribution < 1.29 is 27.4 Å². The Balaban J connectivity index is 1.45. The van der Waals surface area contributed by atoms with E-state index in [-0.39, 0.29) is 30.5 Å². The summed E-state index contributed by atoms with van der Waals surface area (Å²) in [5.74, 6) is -1.59. The minimum Gasteiger partial charge on any atom is -0.464 e. The Bertz CT molecular complexity index is 1510. The molecule has 4 heterocycles. The van der Waals surface area contributed by atoms with Gasteiger partial charge in [0, 0.05) is 37.0 Å². The molecule has 2 aromatic carbocycles. The molecule has 0 saturated carbocycles. The van der Waals surface area contributed by atoms with Gasteiger partial charge in [-0.2, -0.15) is 5.10 Å². The van der Waals surface area contributed by atoms with Gasteiger partial charge in [0.15, 0.2) is 6.04 Å². The largest absolute Gasteiger partial charge is 0.464 e. The fourth-order valence-electron chi connectivity index (χ4n) is 5.33. The number of imidazole rings is 1. The van der Waals surface area contributed by atoms with E-state index in [1.54, 1.807) is 29.7 Å². The van der Waals surface area contributed by atoms with Crippen LogP contribution in [-0.2, 0) is 27.2 Å². The Morgan fingerprint density at radius 3 is 2.82 bits per heavy atom. The number of aromatic nitrogens is 4. The third kappa shape index (κ3) is 4.20. The van der Waals surface area contributed by atoms with Gasteiger partial charge in [0.25, 0.3) is 0 Å². The molecule has 11 heteroatoms. The van der Waals surface area contributed by atoms with Crippen LogP contribution in [0.25, 0.3) is 22.0 Å². The molecule has 198 valence electrons. The number of esters is 1. The highest BCUT2D eigenvalue weighted by atomic mass is 19.1. The topological polar surface area (TPSA) is 74.4 Å². The molecule has 0 bridgehead atoms. The molecule has 1 saturated heterocycles. The maximum absolute atomic E-state index is 15.5. The lowest BCUT2D eigenvalue weighted by molar-refractivity contribution is -0.146. The number of hydrogen-bond acceptors (Lipinski definition) is 6. The summed E-state index contributed by atoms with van der Waals surface area (Å²) in [7, 11) is 0. The summed E-state index contributed by atoms with van der Waals surface area (Å²) >= 11 is 0. The van der Waals surface area contributed by atoms with Gasteiger partial charge in [-0.1, -0.05) is 12.1 Å². The number of benzene rings is 2. The number of anilines is 1. The zero-order valence-corrected chi connectivity index (χ0v) is 20.7. The van der Waals surface area contributed by atoms with Gasteiger partial charge in [0.1, 0.15) is 17.8 Å². The first kappa shape index (κ1) is 24.5. The highest BCUT2D eigenvalue weighted by molar-refractivity contribution is 5.89. The van der Waals surface area contributed by atoms with E-state index in [1.165, 1.54) is 29.3 Å². The number of ether oxygens (including phenoxy) is 2. The molecule has 0 aliphatic carbocycles. The van der Waals surface area contributed by atoms with Crippen LogP contribution in [0.4, 0.5) is 18.9 Å². The van der Waals surface area contributed by atoms with E-state index in [1.807, 2.05) is 4.90 Å². The van der Waals surface area contributed by atoms with Gasteiger partial charge in [-0.3, -0.25) is 4.68 Å². The number of nitrogens with zero attached hydrogens (tertiary/aromatic N) is 5. The molecule has 2 aliphatic heterocycles. The van der Waals surface area contributed by atoms with Crippen LogP contribution in [0.5, 0.6) is 0 Å². The third-order valence-corrected chi connectivity index (χ3v) is 7.04. The lowest BCUT2D eigenvalue weighted by Gasteiger charge is -2.31. The zero-order valence-electron chi connectivity index (χ0n) is 20.7. The zero-order chi connectivity index (χ0) is 26.4. The Hall–Kier alpha value is -3.86. The van der Waals surface area contributed by atoms with Crippen LogP contribution in [0.3, 0.4) is 0 Å². The van der Waals surface area contributed by atoms with Crippen molar-refractivity contribution in [2.45, 2.75) is 32.1 Å². The second kappa shape index (κ2) is 9.79. The molecule has 0 spiro atoms. The van der Waals surface area contributed by atoms with E-state index in [4.69, 9.17) is 9.47 Å². The molecule has 4 aromatic rings. The first-order valence-electron chi connectivity index (χ1n) is 12.6. The lowest BCUT2D eigenvalue weighted by atomic mass is 10.0. The maximum Gasteiger partial charge on any atom is 0.337 e. The van der Waals surface area contributed by atoms with E-state index < -0.39 is 29.8 Å². The van der Waals surface area contributed by atoms with Crippen LogP contribution >= 0.6 is 0 Å². The summed E-state index contributed by atoms with van der Waals surface area (Å²) in [5.41, 5.74) is 2.57. The summed E-state index contributed by atoms with van der Waals surface area (Å²) in [5, 5.41) is 4.72. The van der Waals surface area contributed by atoms with Crippen LogP contribution < -0.4 is 4.90 Å². The van der Waals surface area contributed by atoms with Crippen LogP contribution in [0.15, 0.2) is 42.9 Å². The van der Waals surface area contributed by atoms with E-state index in [2.05, 4.69) is 10.1 Å². The van der Waals surface area contributed by atoms with Crippen molar-refractivity contribution in [1.82, 2.24) is 19.3 Å². The number of para-hydroxylation sites is 1. The van der Waals surface area contributed by atoms with Crippen LogP contribution in [0.2, 0.25) is 0 Å². The molecule has 2 unspecified atom stereocenters. The fourth-order valence-corrected chi connectivity index (χ4v) is 5.33. The van der Waals surface area contributed by atoms with Gasteiger partial charge in [-0.25, -0.2) is 22.9 Å². The minimum atomic E-state index is -1.11. The number of alkyl halides is 1. The normalized spacial score (nSPS) is 18.1. The second-order valence-electron chi connectivity index (χ2n) is 9.42. The quantitative estimate of drug-likeness (QED) is 0.354. The van der Waals surface area contributed by atoms with Gasteiger partial charge >= 0.3 is 5.97 Å². The molecule has 2 aliphatic rings. The average molecular weight is 526 g/mol. The minimum absolute atomic E-state index is 0.119. The van der Waals surface area contributed by atoms with Gasteiger partial charge in [0.2, 0.25) is 0 Å². The number of carbonyl (C=O) groups is 1. The maximum atomic E-state index is 15.5. The predicted molar refractivity (Wildman–Crippen MR) is 134 cm³/mol. The Morgan fingerprint density at radius 2 is 2.03 bits per heavy atom. The number of halogens is 3. The monoisotopic (exact) mass is 525 g/mol. The van der Waals surface area contributed by atoms with Crippen molar-refractivity contribution in [3.63, 3.8) is 0 Å². The highest BCUT2D eigenvalue weighted by Crippen LogP contribution is 2.37. The van der Waals surface area contributed by atoms with Crippen molar-refractivity contribution >= 4 is 22.6 Å². The number of carbonyl (C=O) groups excluding carboxylic acids is 1. The van der Waals surface area contributed by atoms with E-state index in [0.717, 1.165) is 0 Å². The van der Waals surface area contributed by atoms with Crippen molar-refractivity contribution in [3.05, 3.63) is 65.9 Å². The van der Waals surface area contributed by atoms with Gasteiger partial charge < -0.3 is 18.9 Å². The number of hydrogen-bond donors (Lipinski definition) is 0. The van der Waals surface area contributed by atoms with Crippen molar-refractivity contribution in [1.29, 1.82) is 0 Å². The van der Waals surface area contributed by atoms with Crippen LogP contribution in [-0.4, -0.2) is 64.4 Å². The first-order valence-corrected chi connectivity index (χ1v) is 12.6.